The maximum Gasteiger partial charge on any atom is 0.472 e. The van der Waals surface area contributed by atoms with Crippen LogP contribution in [0.4, 0.5) is 0 Å². The molecule has 0 aliphatic carbocycles. The summed E-state index contributed by atoms with van der Waals surface area (Å²) >= 11 is 0. The maximum atomic E-state index is 12.0. The summed E-state index contributed by atoms with van der Waals surface area (Å²) in [4.78, 5) is 33.1. The highest BCUT2D eigenvalue weighted by Crippen LogP contribution is 2.42. The van der Waals surface area contributed by atoms with Crippen molar-refractivity contribution in [3.05, 3.63) is 48.6 Å². The predicted molar refractivity (Wildman–Crippen MR) is 156 cm³/mol. The third kappa shape index (κ3) is 26.2. The molecule has 0 aromatic carbocycles. The van der Waals surface area contributed by atoms with E-state index in [-0.39, 0.29) is 45.6 Å². The predicted octanol–water partition coefficient (Wildman–Crippen LogP) is 5.45. The van der Waals surface area contributed by atoms with Crippen LogP contribution in [0.15, 0.2) is 48.6 Å². The minimum Gasteiger partial charge on any atom is -0.462 e. The lowest BCUT2D eigenvalue weighted by Crippen LogP contribution is -2.28. The normalized spacial score (nSPS) is 14.4. The summed E-state index contributed by atoms with van der Waals surface area (Å²) in [5, 5.41) is 9.39. The lowest BCUT2D eigenvalue weighted by atomic mass is 10.2. The first kappa shape index (κ1) is 37.9. The number of hydrogen-bond acceptors (Lipinski definition) is 9. The van der Waals surface area contributed by atoms with Crippen LogP contribution in [0.25, 0.3) is 0 Å². The van der Waals surface area contributed by atoms with Gasteiger partial charge in [-0.05, 0) is 51.4 Å². The molecule has 0 heterocycles. The summed E-state index contributed by atoms with van der Waals surface area (Å²) in [5.74, 6) is -1.09. The number of ether oxygens (including phenoxy) is 2. The second-order valence-corrected chi connectivity index (χ2v) is 10.4. The highest BCUT2D eigenvalue weighted by atomic mass is 31.2. The van der Waals surface area contributed by atoms with Crippen LogP contribution < -0.4 is 5.73 Å². The van der Waals surface area contributed by atoms with Crippen LogP contribution in [0.2, 0.25) is 0 Å². The fourth-order valence-corrected chi connectivity index (χ4v) is 3.92. The molecule has 11 heteroatoms. The van der Waals surface area contributed by atoms with Crippen LogP contribution in [0, 0.1) is 0 Å². The number of aliphatic hydroxyl groups is 1. The molecular formula is C29H50NO9P. The van der Waals surface area contributed by atoms with Crippen molar-refractivity contribution in [2.75, 3.05) is 33.0 Å². The van der Waals surface area contributed by atoms with Gasteiger partial charge in [-0.15, -0.1) is 0 Å². The molecule has 230 valence electrons. The Morgan fingerprint density at radius 2 is 1.35 bits per heavy atom. The van der Waals surface area contributed by atoms with Gasteiger partial charge in [0.15, 0.2) is 6.10 Å². The summed E-state index contributed by atoms with van der Waals surface area (Å²) < 4.78 is 30.9. The first-order valence-corrected chi connectivity index (χ1v) is 15.7. The first-order valence-electron chi connectivity index (χ1n) is 14.2. The van der Waals surface area contributed by atoms with E-state index in [9.17, 15) is 24.2 Å². The molecule has 0 spiro atoms. The Morgan fingerprint density at radius 1 is 0.800 bits per heavy atom. The smallest absolute Gasteiger partial charge is 0.462 e. The number of hydrogen-bond donors (Lipinski definition) is 3. The van der Waals surface area contributed by atoms with Crippen LogP contribution in [0.3, 0.4) is 0 Å². The van der Waals surface area contributed by atoms with Crippen LogP contribution in [-0.2, 0) is 32.7 Å². The van der Waals surface area contributed by atoms with Crippen molar-refractivity contribution in [3.63, 3.8) is 0 Å². The average Bonchev–Trinajstić information content (AvgIpc) is 2.94. The van der Waals surface area contributed by atoms with Gasteiger partial charge in [-0.1, -0.05) is 68.4 Å². The summed E-state index contributed by atoms with van der Waals surface area (Å²) in [6, 6.07) is 0. The third-order valence-electron chi connectivity index (χ3n) is 5.29. The number of esters is 2. The largest absolute Gasteiger partial charge is 0.472 e. The molecule has 0 aromatic heterocycles. The molecule has 0 rings (SSSR count). The molecule has 2 unspecified atom stereocenters. The molecule has 0 amide bonds. The monoisotopic (exact) mass is 587 g/mol. The van der Waals surface area contributed by atoms with Gasteiger partial charge >= 0.3 is 19.8 Å². The number of carbonyl (C=O) groups excluding carboxylic acids is 2. The van der Waals surface area contributed by atoms with E-state index in [2.05, 4.69) is 54.0 Å². The number of phosphoric acid groups is 1. The second kappa shape index (κ2) is 27.1. The van der Waals surface area contributed by atoms with Gasteiger partial charge in [0.05, 0.1) is 19.8 Å². The van der Waals surface area contributed by atoms with Gasteiger partial charge in [0.25, 0.3) is 0 Å². The Kier molecular flexibility index (Phi) is 25.7. The zero-order valence-electron chi connectivity index (χ0n) is 24.0. The van der Waals surface area contributed by atoms with Crippen molar-refractivity contribution in [1.29, 1.82) is 0 Å². The van der Waals surface area contributed by atoms with Gasteiger partial charge in [0, 0.05) is 19.4 Å². The van der Waals surface area contributed by atoms with E-state index in [0.717, 1.165) is 25.7 Å². The fourth-order valence-electron chi connectivity index (χ4n) is 3.15. The van der Waals surface area contributed by atoms with Gasteiger partial charge < -0.3 is 25.2 Å². The van der Waals surface area contributed by atoms with E-state index in [1.54, 1.807) is 0 Å². The van der Waals surface area contributed by atoms with Gasteiger partial charge in [0.1, 0.15) is 6.61 Å². The number of nitrogens with two attached hydrogens (primary N) is 1. The number of unbranched alkanes of at least 4 members (excludes halogenated alkanes) is 4. The van der Waals surface area contributed by atoms with Crippen molar-refractivity contribution in [3.8, 4) is 0 Å². The Bertz CT molecular complexity index is 811. The Balaban J connectivity index is 3.86. The second-order valence-electron chi connectivity index (χ2n) is 8.99. The Hall–Kier alpha value is -2.07. The molecule has 10 nitrogen and oxygen atoms in total. The Morgan fingerprint density at radius 3 is 1.93 bits per heavy atom. The summed E-state index contributed by atoms with van der Waals surface area (Å²) in [5.41, 5.74) is 5.18. The van der Waals surface area contributed by atoms with Crippen molar-refractivity contribution in [2.45, 2.75) is 90.1 Å². The molecule has 0 fully saturated rings. The molecule has 0 aliphatic heterocycles. The summed E-state index contributed by atoms with van der Waals surface area (Å²) in [6.45, 7) is 1.21. The van der Waals surface area contributed by atoms with Crippen molar-refractivity contribution >= 4 is 19.8 Å². The quantitative estimate of drug-likeness (QED) is 0.0515. The standard InChI is InChI=1S/C29H50NO9P/c1-2-3-4-5-6-7-8-9-10-11-12-13-14-15-16-17-18-20-29(33)39-27(25-31)26-36-28(32)21-19-23-37-40(34,35)38-24-22-30/h6-7,9-10,12-13,15-16,27,31H,2-5,8,11,14,17-26,30H2,1H3,(H,34,35)/b7-6-,10-9-,13-12-,16-15-. The number of phosphoric ester groups is 1. The van der Waals surface area contributed by atoms with Gasteiger partial charge in [-0.2, -0.15) is 0 Å². The molecule has 0 bridgehead atoms. The molecule has 0 aliphatic rings. The van der Waals surface area contributed by atoms with Crippen LogP contribution >= 0.6 is 7.82 Å². The SMILES string of the molecule is CCCCC/C=C\C/C=C\C/C=C\C/C=C\CCCC(=O)OC(CO)COC(=O)CCCOP(=O)(O)OCCN. The molecule has 2 atom stereocenters. The van der Waals surface area contributed by atoms with E-state index in [1.807, 2.05) is 6.08 Å². The summed E-state index contributed by atoms with van der Waals surface area (Å²) in [7, 11) is -4.18. The lowest BCUT2D eigenvalue weighted by Gasteiger charge is -2.16. The highest BCUT2D eigenvalue weighted by molar-refractivity contribution is 7.47. The summed E-state index contributed by atoms with van der Waals surface area (Å²) in [6.07, 6.45) is 25.5. The number of rotatable bonds is 26. The molecule has 40 heavy (non-hydrogen) atoms. The number of carbonyl (C=O) groups is 2. The van der Waals surface area contributed by atoms with E-state index < -0.39 is 32.5 Å². The van der Waals surface area contributed by atoms with Crippen molar-refractivity contribution < 1.29 is 42.7 Å². The molecule has 0 radical (unpaired) electrons. The molecule has 4 N–H and O–H groups in total. The van der Waals surface area contributed by atoms with Crippen LogP contribution in [-0.4, -0.2) is 61.0 Å². The minimum absolute atomic E-state index is 0.0716. The van der Waals surface area contributed by atoms with Gasteiger partial charge in [-0.25, -0.2) is 4.57 Å². The number of allylic oxidation sites excluding steroid dienone is 8. The third-order valence-corrected chi connectivity index (χ3v) is 6.31. The van der Waals surface area contributed by atoms with Crippen molar-refractivity contribution in [1.82, 2.24) is 0 Å². The van der Waals surface area contributed by atoms with Gasteiger partial charge in [0.2, 0.25) is 0 Å². The zero-order chi connectivity index (χ0) is 29.7. The minimum atomic E-state index is -4.18. The van der Waals surface area contributed by atoms with Gasteiger partial charge in [-0.3, -0.25) is 18.6 Å². The molecular weight excluding hydrogens is 537 g/mol. The highest BCUT2D eigenvalue weighted by Gasteiger charge is 2.20. The van der Waals surface area contributed by atoms with E-state index in [1.165, 1.54) is 25.7 Å². The Labute approximate surface area is 239 Å². The van der Waals surface area contributed by atoms with E-state index in [4.69, 9.17) is 19.7 Å². The molecule has 0 aromatic rings. The topological polar surface area (TPSA) is 155 Å². The zero-order valence-corrected chi connectivity index (χ0v) is 24.9. The van der Waals surface area contributed by atoms with E-state index >= 15 is 0 Å². The molecule has 0 saturated heterocycles. The van der Waals surface area contributed by atoms with Crippen LogP contribution in [0.1, 0.15) is 84.0 Å². The molecule has 0 saturated carbocycles. The maximum absolute atomic E-state index is 12.0. The van der Waals surface area contributed by atoms with Crippen molar-refractivity contribution in [2.24, 2.45) is 5.73 Å². The number of aliphatic hydroxyl groups excluding tert-OH is 1. The van der Waals surface area contributed by atoms with Crippen LogP contribution in [0.5, 0.6) is 0 Å². The fraction of sp³-hybridized carbons (Fsp3) is 0.655. The lowest BCUT2D eigenvalue weighted by molar-refractivity contribution is -0.161. The average molecular weight is 588 g/mol. The first-order chi connectivity index (χ1) is 19.3. The van der Waals surface area contributed by atoms with E-state index in [0.29, 0.717) is 6.42 Å².